The van der Waals surface area contributed by atoms with Gasteiger partial charge in [0.05, 0.1) is 4.92 Å². The normalized spacial score (nSPS) is 10.3. The van der Waals surface area contributed by atoms with Crippen LogP contribution in [0.4, 0.5) is 5.69 Å². The van der Waals surface area contributed by atoms with Crippen molar-refractivity contribution in [1.29, 1.82) is 0 Å². The Hall–Kier alpha value is -1.62. The lowest BCUT2D eigenvalue weighted by atomic mass is 10.1. The lowest BCUT2D eigenvalue weighted by molar-refractivity contribution is -0.385. The Balaban J connectivity index is 2.76. The van der Waals surface area contributed by atoms with Crippen molar-refractivity contribution in [2.75, 3.05) is 19.5 Å². The zero-order valence-corrected chi connectivity index (χ0v) is 12.5. The number of nitrogens with zero attached hydrogens (tertiary/aromatic N) is 2. The van der Waals surface area contributed by atoms with Gasteiger partial charge in [0, 0.05) is 36.7 Å². The fraction of sp³-hybridized carbons (Fsp3) is 0.500. The van der Waals surface area contributed by atoms with Gasteiger partial charge in [0.15, 0.2) is 0 Å². The first-order valence-electron chi connectivity index (χ1n) is 6.54. The van der Waals surface area contributed by atoms with E-state index in [2.05, 4.69) is 0 Å². The summed E-state index contributed by atoms with van der Waals surface area (Å²) in [7, 11) is 1.71. The Labute approximate surface area is 123 Å². The van der Waals surface area contributed by atoms with E-state index in [0.717, 1.165) is 19.3 Å². The number of benzene rings is 1. The Kier molecular flexibility index (Phi) is 6.45. The highest BCUT2D eigenvalue weighted by Crippen LogP contribution is 2.22. The van der Waals surface area contributed by atoms with Crippen LogP contribution in [-0.2, 0) is 0 Å². The molecule has 0 fully saturated rings. The van der Waals surface area contributed by atoms with Crippen LogP contribution in [0.5, 0.6) is 0 Å². The molecule has 0 atom stereocenters. The Bertz CT molecular complexity index is 491. The van der Waals surface area contributed by atoms with Crippen LogP contribution in [0.2, 0.25) is 0 Å². The van der Waals surface area contributed by atoms with Gasteiger partial charge in [0.25, 0.3) is 11.6 Å². The van der Waals surface area contributed by atoms with Crippen molar-refractivity contribution in [3.63, 3.8) is 0 Å². The molecular weight excluding hydrogens is 280 g/mol. The van der Waals surface area contributed by atoms with E-state index in [1.54, 1.807) is 31.0 Å². The highest BCUT2D eigenvalue weighted by molar-refractivity contribution is 6.17. The molecule has 1 rings (SSSR count). The number of rotatable bonds is 7. The minimum absolute atomic E-state index is 0.0219. The number of hydrogen-bond acceptors (Lipinski definition) is 3. The number of amides is 1. The van der Waals surface area contributed by atoms with Crippen LogP contribution < -0.4 is 0 Å². The molecule has 0 N–H and O–H groups in total. The molecule has 0 aliphatic carbocycles. The summed E-state index contributed by atoms with van der Waals surface area (Å²) in [6, 6.07) is 4.58. The number of alkyl halides is 1. The van der Waals surface area contributed by atoms with E-state index in [1.807, 2.05) is 0 Å². The molecule has 0 aliphatic heterocycles. The fourth-order valence-electron chi connectivity index (χ4n) is 1.98. The van der Waals surface area contributed by atoms with Crippen LogP contribution in [0.25, 0.3) is 0 Å². The number of nitro groups is 1. The largest absolute Gasteiger partial charge is 0.342 e. The first kappa shape index (κ1) is 16.4. The van der Waals surface area contributed by atoms with E-state index in [4.69, 9.17) is 11.6 Å². The van der Waals surface area contributed by atoms with Crippen molar-refractivity contribution < 1.29 is 9.72 Å². The number of unbranched alkanes of at least 4 members (excludes halogenated alkanes) is 2. The summed E-state index contributed by atoms with van der Waals surface area (Å²) in [5, 5.41) is 10.9. The van der Waals surface area contributed by atoms with E-state index in [1.165, 1.54) is 6.07 Å². The molecule has 110 valence electrons. The summed E-state index contributed by atoms with van der Waals surface area (Å²) in [5.41, 5.74) is 0.778. The van der Waals surface area contributed by atoms with E-state index in [0.29, 0.717) is 23.6 Å². The summed E-state index contributed by atoms with van der Waals surface area (Å²) < 4.78 is 0. The summed E-state index contributed by atoms with van der Waals surface area (Å²) in [4.78, 5) is 24.3. The first-order valence-corrected chi connectivity index (χ1v) is 7.08. The number of carbonyl (C=O) groups excluding carboxylic acids is 1. The van der Waals surface area contributed by atoms with Gasteiger partial charge in [-0.15, -0.1) is 11.6 Å². The Morgan fingerprint density at radius 3 is 2.65 bits per heavy atom. The van der Waals surface area contributed by atoms with Crippen molar-refractivity contribution in [2.24, 2.45) is 0 Å². The number of carbonyl (C=O) groups is 1. The molecular formula is C14H19ClN2O3. The van der Waals surface area contributed by atoms with Gasteiger partial charge in [-0.25, -0.2) is 0 Å². The van der Waals surface area contributed by atoms with Crippen molar-refractivity contribution in [2.45, 2.75) is 26.2 Å². The van der Waals surface area contributed by atoms with Gasteiger partial charge in [-0.2, -0.15) is 0 Å². The summed E-state index contributed by atoms with van der Waals surface area (Å²) in [5.74, 6) is 0.443. The molecule has 0 spiro atoms. The summed E-state index contributed by atoms with van der Waals surface area (Å²) >= 11 is 5.60. The van der Waals surface area contributed by atoms with E-state index >= 15 is 0 Å². The third kappa shape index (κ3) is 4.20. The highest BCUT2D eigenvalue weighted by atomic mass is 35.5. The molecule has 6 heteroatoms. The summed E-state index contributed by atoms with van der Waals surface area (Å²) in [6.45, 7) is 2.23. The zero-order valence-electron chi connectivity index (χ0n) is 11.8. The van der Waals surface area contributed by atoms with Crippen LogP contribution in [0.1, 0.15) is 35.2 Å². The molecule has 0 unspecified atom stereocenters. The smallest absolute Gasteiger partial charge is 0.273 e. The van der Waals surface area contributed by atoms with Gasteiger partial charge in [-0.05, 0) is 25.8 Å². The second-order valence-electron chi connectivity index (χ2n) is 4.68. The molecule has 0 radical (unpaired) electrons. The van der Waals surface area contributed by atoms with Crippen molar-refractivity contribution >= 4 is 23.2 Å². The van der Waals surface area contributed by atoms with E-state index in [-0.39, 0.29) is 11.6 Å². The number of hydrogen-bond donors (Lipinski definition) is 0. The number of nitro benzene ring substituents is 1. The monoisotopic (exact) mass is 298 g/mol. The van der Waals surface area contributed by atoms with Crippen LogP contribution >= 0.6 is 11.6 Å². The van der Waals surface area contributed by atoms with Crippen LogP contribution in [0.15, 0.2) is 18.2 Å². The minimum Gasteiger partial charge on any atom is -0.342 e. The maximum absolute atomic E-state index is 12.3. The van der Waals surface area contributed by atoms with Gasteiger partial charge >= 0.3 is 0 Å². The molecule has 0 aromatic heterocycles. The molecule has 0 bridgehead atoms. The number of halogens is 1. The second-order valence-corrected chi connectivity index (χ2v) is 5.06. The molecule has 1 aromatic rings. The zero-order chi connectivity index (χ0) is 15.1. The van der Waals surface area contributed by atoms with Crippen LogP contribution in [-0.4, -0.2) is 35.2 Å². The molecule has 0 heterocycles. The second kappa shape index (κ2) is 7.85. The lowest BCUT2D eigenvalue weighted by Gasteiger charge is -2.18. The molecule has 0 saturated heterocycles. The Morgan fingerprint density at radius 1 is 1.35 bits per heavy atom. The predicted molar refractivity (Wildman–Crippen MR) is 79.4 cm³/mol. The SMILES string of the molecule is Cc1c(C(=O)N(C)CCCCCCl)cccc1[N+](=O)[O-]. The van der Waals surface area contributed by atoms with Crippen molar-refractivity contribution in [1.82, 2.24) is 4.90 Å². The maximum Gasteiger partial charge on any atom is 0.273 e. The molecule has 0 aliphatic rings. The molecule has 0 saturated carbocycles. The minimum atomic E-state index is -0.466. The molecule has 1 aromatic carbocycles. The predicted octanol–water partition coefficient (Wildman–Crippen LogP) is 3.38. The lowest BCUT2D eigenvalue weighted by Crippen LogP contribution is -2.28. The first-order chi connectivity index (χ1) is 9.49. The van der Waals surface area contributed by atoms with Crippen molar-refractivity contribution in [3.05, 3.63) is 39.4 Å². The van der Waals surface area contributed by atoms with Gasteiger partial charge in [-0.1, -0.05) is 12.5 Å². The third-order valence-corrected chi connectivity index (χ3v) is 3.47. The van der Waals surface area contributed by atoms with Crippen molar-refractivity contribution in [3.8, 4) is 0 Å². The third-order valence-electron chi connectivity index (χ3n) is 3.21. The van der Waals surface area contributed by atoms with Gasteiger partial charge in [0.2, 0.25) is 0 Å². The summed E-state index contributed by atoms with van der Waals surface area (Å²) in [6.07, 6.45) is 2.78. The Morgan fingerprint density at radius 2 is 2.05 bits per heavy atom. The molecule has 20 heavy (non-hydrogen) atoms. The molecule has 5 nitrogen and oxygen atoms in total. The van der Waals surface area contributed by atoms with E-state index in [9.17, 15) is 14.9 Å². The van der Waals surface area contributed by atoms with Gasteiger partial charge < -0.3 is 4.90 Å². The molecule has 1 amide bonds. The average molecular weight is 299 g/mol. The quantitative estimate of drug-likeness (QED) is 0.335. The van der Waals surface area contributed by atoms with Crippen LogP contribution in [0, 0.1) is 17.0 Å². The van der Waals surface area contributed by atoms with Gasteiger partial charge in [-0.3, -0.25) is 14.9 Å². The van der Waals surface area contributed by atoms with Gasteiger partial charge in [0.1, 0.15) is 0 Å². The average Bonchev–Trinajstić information content (AvgIpc) is 2.42. The van der Waals surface area contributed by atoms with E-state index < -0.39 is 4.92 Å². The maximum atomic E-state index is 12.3. The highest BCUT2D eigenvalue weighted by Gasteiger charge is 2.20. The topological polar surface area (TPSA) is 63.5 Å². The fourth-order valence-corrected chi connectivity index (χ4v) is 2.17. The standard InChI is InChI=1S/C14H19ClN2O3/c1-11-12(7-6-8-13(11)17(19)20)14(18)16(2)10-5-3-4-9-15/h6-8H,3-5,9-10H2,1-2H3. The van der Waals surface area contributed by atoms with Crippen LogP contribution in [0.3, 0.4) is 0 Å².